The van der Waals surface area contributed by atoms with Gasteiger partial charge in [0.1, 0.15) is 23.9 Å². The molecule has 4 atom stereocenters. The van der Waals surface area contributed by atoms with E-state index in [1.54, 1.807) is 20.8 Å². The predicted molar refractivity (Wildman–Crippen MR) is 65.3 cm³/mol. The van der Waals surface area contributed by atoms with Crippen LogP contribution in [0.25, 0.3) is 0 Å². The summed E-state index contributed by atoms with van der Waals surface area (Å²) in [5.41, 5.74) is -0.694. The van der Waals surface area contributed by atoms with Crippen molar-refractivity contribution in [3.8, 4) is 0 Å². The van der Waals surface area contributed by atoms with Crippen molar-refractivity contribution in [1.29, 1.82) is 0 Å². The van der Waals surface area contributed by atoms with Crippen LogP contribution in [0.2, 0.25) is 0 Å². The van der Waals surface area contributed by atoms with Crippen LogP contribution >= 0.6 is 0 Å². The van der Waals surface area contributed by atoms with Crippen molar-refractivity contribution in [1.82, 2.24) is 5.32 Å². The Hall–Kier alpha value is -0.930. The molecule has 0 radical (unpaired) electrons. The molecule has 114 valence electrons. The second-order valence-corrected chi connectivity index (χ2v) is 5.18. The lowest BCUT2D eigenvalue weighted by molar-refractivity contribution is -0.113. The van der Waals surface area contributed by atoms with Gasteiger partial charge >= 0.3 is 6.09 Å². The molecule has 0 saturated carbocycles. The van der Waals surface area contributed by atoms with Gasteiger partial charge in [-0.15, -0.1) is 0 Å². The van der Waals surface area contributed by atoms with Gasteiger partial charge in [-0.2, -0.15) is 0 Å². The van der Waals surface area contributed by atoms with E-state index in [9.17, 15) is 20.1 Å². The smallest absolute Gasteiger partial charge is 0.407 e. The van der Waals surface area contributed by atoms with Crippen molar-refractivity contribution in [2.45, 2.75) is 50.8 Å². The molecular weight excluding hydrogens is 258 g/mol. The topological polar surface area (TPSA) is 139 Å². The Bertz CT molecular complexity index is 279. The molecule has 0 spiro atoms. The minimum absolute atomic E-state index is 0.370. The highest BCUT2D eigenvalue weighted by molar-refractivity contribution is 5.67. The number of hydrogen-bond acceptors (Lipinski definition) is 7. The Morgan fingerprint density at radius 2 is 1.58 bits per heavy atom. The summed E-state index contributed by atoms with van der Waals surface area (Å²) in [6.45, 7) is 3.87. The maximum Gasteiger partial charge on any atom is 0.407 e. The minimum Gasteiger partial charge on any atom is -0.444 e. The highest BCUT2D eigenvalue weighted by Gasteiger charge is 2.30. The van der Waals surface area contributed by atoms with Crippen LogP contribution in [0.5, 0.6) is 0 Å². The van der Waals surface area contributed by atoms with Gasteiger partial charge in [0.15, 0.2) is 0 Å². The number of rotatable bonds is 6. The zero-order chi connectivity index (χ0) is 15.2. The molecule has 0 heterocycles. The van der Waals surface area contributed by atoms with Gasteiger partial charge in [-0.1, -0.05) is 0 Å². The summed E-state index contributed by atoms with van der Waals surface area (Å²) in [4.78, 5) is 11.3. The highest BCUT2D eigenvalue weighted by atomic mass is 16.6. The molecule has 8 nitrogen and oxygen atoms in total. The third-order valence-electron chi connectivity index (χ3n) is 2.18. The summed E-state index contributed by atoms with van der Waals surface area (Å²) in [5.74, 6) is 0. The average molecular weight is 281 g/mol. The van der Waals surface area contributed by atoms with Crippen molar-refractivity contribution >= 4 is 6.09 Å². The number of alkyl carbamates (subject to hydrolysis) is 1. The second-order valence-electron chi connectivity index (χ2n) is 5.18. The van der Waals surface area contributed by atoms with Crippen molar-refractivity contribution in [2.75, 3.05) is 13.2 Å². The molecule has 19 heavy (non-hydrogen) atoms. The summed E-state index contributed by atoms with van der Waals surface area (Å²) in [6.07, 6.45) is -7.30. The molecule has 0 rings (SSSR count). The normalized spacial score (nSPS) is 18.3. The van der Waals surface area contributed by atoms with Crippen molar-refractivity contribution < 1.29 is 35.1 Å². The van der Waals surface area contributed by atoms with Crippen LogP contribution in [-0.2, 0) is 4.74 Å². The number of aliphatic hydroxyl groups excluding tert-OH is 5. The summed E-state index contributed by atoms with van der Waals surface area (Å²) in [6, 6.07) is 0. The summed E-state index contributed by atoms with van der Waals surface area (Å²) >= 11 is 0. The highest BCUT2D eigenvalue weighted by Crippen LogP contribution is 2.07. The van der Waals surface area contributed by atoms with Gasteiger partial charge in [0.25, 0.3) is 0 Å². The van der Waals surface area contributed by atoms with E-state index in [2.05, 4.69) is 5.32 Å². The molecule has 0 aromatic carbocycles. The molecule has 0 aromatic rings. The van der Waals surface area contributed by atoms with Gasteiger partial charge in [0.2, 0.25) is 0 Å². The molecule has 0 aliphatic heterocycles. The molecule has 0 aromatic heterocycles. The number of nitrogens with one attached hydrogen (secondary N) is 1. The first-order valence-electron chi connectivity index (χ1n) is 5.88. The molecule has 6 N–H and O–H groups in total. The monoisotopic (exact) mass is 281 g/mol. The van der Waals surface area contributed by atoms with Gasteiger partial charge in [-0.25, -0.2) is 4.79 Å². The van der Waals surface area contributed by atoms with Crippen LogP contribution in [0.4, 0.5) is 4.79 Å². The first-order chi connectivity index (χ1) is 8.58. The lowest BCUT2D eigenvalue weighted by atomic mass is 10.0. The maximum absolute atomic E-state index is 11.3. The first kappa shape index (κ1) is 18.1. The van der Waals surface area contributed by atoms with E-state index < -0.39 is 42.7 Å². The molecule has 1 amide bonds. The number of aliphatic hydroxyl groups is 5. The van der Waals surface area contributed by atoms with E-state index in [0.29, 0.717) is 0 Å². The fourth-order valence-corrected chi connectivity index (χ4v) is 1.19. The van der Waals surface area contributed by atoms with Gasteiger partial charge in [-0.3, -0.25) is 0 Å². The van der Waals surface area contributed by atoms with Gasteiger partial charge in [0.05, 0.1) is 12.7 Å². The van der Waals surface area contributed by atoms with Crippen LogP contribution in [-0.4, -0.2) is 74.8 Å². The van der Waals surface area contributed by atoms with E-state index in [-0.39, 0.29) is 6.54 Å². The quantitative estimate of drug-likeness (QED) is 0.329. The van der Waals surface area contributed by atoms with Crippen molar-refractivity contribution in [3.05, 3.63) is 0 Å². The van der Waals surface area contributed by atoms with Crippen LogP contribution in [0.3, 0.4) is 0 Å². The fourth-order valence-electron chi connectivity index (χ4n) is 1.19. The van der Waals surface area contributed by atoms with E-state index in [4.69, 9.17) is 14.9 Å². The predicted octanol–water partition coefficient (Wildman–Crippen LogP) is -2.05. The number of amides is 1. The molecule has 0 fully saturated rings. The SMILES string of the molecule is CC(C)(C)OC(=O)NC[C@@H](O)[C@H](O)[C@@H](O)[C@@H](O)CO. The zero-order valence-corrected chi connectivity index (χ0v) is 11.3. The largest absolute Gasteiger partial charge is 0.444 e. The summed E-state index contributed by atoms with van der Waals surface area (Å²) in [5, 5.41) is 48.2. The van der Waals surface area contributed by atoms with Gasteiger partial charge in [0, 0.05) is 6.54 Å². The second kappa shape index (κ2) is 7.61. The summed E-state index contributed by atoms with van der Waals surface area (Å²) in [7, 11) is 0. The van der Waals surface area contributed by atoms with E-state index in [0.717, 1.165) is 0 Å². The van der Waals surface area contributed by atoms with E-state index in [1.165, 1.54) is 0 Å². The molecule has 0 aliphatic rings. The molecule has 0 aliphatic carbocycles. The lowest BCUT2D eigenvalue weighted by Gasteiger charge is -2.26. The first-order valence-corrected chi connectivity index (χ1v) is 5.88. The van der Waals surface area contributed by atoms with Crippen molar-refractivity contribution in [2.24, 2.45) is 0 Å². The van der Waals surface area contributed by atoms with E-state index in [1.807, 2.05) is 0 Å². The number of hydrogen-bond donors (Lipinski definition) is 6. The molecule has 0 unspecified atom stereocenters. The number of carbonyl (C=O) groups excluding carboxylic acids is 1. The Balaban J connectivity index is 4.17. The van der Waals surface area contributed by atoms with Gasteiger partial charge < -0.3 is 35.6 Å². The molecule has 0 bridgehead atoms. The number of carbonyl (C=O) groups is 1. The average Bonchev–Trinajstić information content (AvgIpc) is 2.30. The molecular formula is C11H23NO7. The van der Waals surface area contributed by atoms with Crippen LogP contribution < -0.4 is 5.32 Å². The zero-order valence-electron chi connectivity index (χ0n) is 11.3. The Labute approximate surface area is 111 Å². The standard InChI is InChI=1S/C11H23NO7/c1-11(2,3)19-10(18)12-4-6(14)8(16)9(17)7(15)5-13/h6-9,13-17H,4-5H2,1-3H3,(H,12,18)/t6-,7+,8+,9+/m1/s1. The summed E-state index contributed by atoms with van der Waals surface area (Å²) < 4.78 is 4.90. The number of ether oxygens (including phenoxy) is 1. The third kappa shape index (κ3) is 7.28. The Morgan fingerprint density at radius 3 is 2.00 bits per heavy atom. The van der Waals surface area contributed by atoms with Crippen molar-refractivity contribution in [3.63, 3.8) is 0 Å². The lowest BCUT2D eigenvalue weighted by Crippen LogP contribution is -2.50. The maximum atomic E-state index is 11.3. The van der Waals surface area contributed by atoms with E-state index >= 15 is 0 Å². The Morgan fingerprint density at radius 1 is 1.11 bits per heavy atom. The molecule has 8 heteroatoms. The minimum atomic E-state index is -1.72. The fraction of sp³-hybridized carbons (Fsp3) is 0.909. The van der Waals surface area contributed by atoms with Crippen LogP contribution in [0.15, 0.2) is 0 Å². The van der Waals surface area contributed by atoms with Crippen LogP contribution in [0.1, 0.15) is 20.8 Å². The Kier molecular flexibility index (Phi) is 7.24. The molecule has 0 saturated heterocycles. The van der Waals surface area contributed by atoms with Gasteiger partial charge in [-0.05, 0) is 20.8 Å². The third-order valence-corrected chi connectivity index (χ3v) is 2.18. The van der Waals surface area contributed by atoms with Crippen LogP contribution in [0, 0.1) is 0 Å².